The Balaban J connectivity index is 2.25. The molecule has 1 aliphatic rings. The summed E-state index contributed by atoms with van der Waals surface area (Å²) >= 11 is 0.815. The summed E-state index contributed by atoms with van der Waals surface area (Å²) in [6.07, 6.45) is 1.28. The van der Waals surface area contributed by atoms with Gasteiger partial charge in [0.25, 0.3) is 5.09 Å². The van der Waals surface area contributed by atoms with Gasteiger partial charge >= 0.3 is 11.3 Å². The highest BCUT2D eigenvalue weighted by molar-refractivity contribution is 8.13. The SMILES string of the molecule is C[C@H](CSC(=O)OCCCO[N+](=O)[O-])C(=O)N1CCC[C@H]1C(=O)O. The summed E-state index contributed by atoms with van der Waals surface area (Å²) in [5.74, 6) is -1.65. The average molecular weight is 364 g/mol. The topological polar surface area (TPSA) is 136 Å². The van der Waals surface area contributed by atoms with Gasteiger partial charge < -0.3 is 19.6 Å². The van der Waals surface area contributed by atoms with Crippen molar-refractivity contribution in [2.24, 2.45) is 5.92 Å². The fourth-order valence-electron chi connectivity index (χ4n) is 2.23. The molecule has 1 amide bonds. The van der Waals surface area contributed by atoms with Crippen molar-refractivity contribution in [2.45, 2.75) is 32.2 Å². The number of carboxylic acid groups (broad SMARTS) is 1. The molecule has 1 fully saturated rings. The lowest BCUT2D eigenvalue weighted by Crippen LogP contribution is -2.43. The zero-order valence-corrected chi connectivity index (χ0v) is 14.0. The van der Waals surface area contributed by atoms with Crippen molar-refractivity contribution in [3.63, 3.8) is 0 Å². The fourth-order valence-corrected chi connectivity index (χ4v) is 2.93. The molecule has 11 heteroatoms. The minimum absolute atomic E-state index is 0.0186. The third-order valence-corrected chi connectivity index (χ3v) is 4.42. The second-order valence-corrected chi connectivity index (χ2v) is 6.20. The average Bonchev–Trinajstić information content (AvgIpc) is 3.00. The van der Waals surface area contributed by atoms with E-state index < -0.39 is 28.3 Å². The van der Waals surface area contributed by atoms with Crippen molar-refractivity contribution in [1.29, 1.82) is 0 Å². The normalized spacial score (nSPS) is 18.0. The van der Waals surface area contributed by atoms with Crippen LogP contribution in [0.25, 0.3) is 0 Å². The molecule has 1 heterocycles. The Morgan fingerprint density at radius 3 is 2.75 bits per heavy atom. The highest BCUT2D eigenvalue weighted by atomic mass is 32.2. The summed E-state index contributed by atoms with van der Waals surface area (Å²) in [6.45, 7) is 1.86. The number of carbonyl (C=O) groups excluding carboxylic acids is 2. The van der Waals surface area contributed by atoms with Gasteiger partial charge in [-0.05, 0) is 24.6 Å². The number of ether oxygens (including phenoxy) is 1. The first-order valence-electron chi connectivity index (χ1n) is 7.43. The van der Waals surface area contributed by atoms with Crippen molar-refractivity contribution in [3.05, 3.63) is 10.1 Å². The molecule has 0 spiro atoms. The Kier molecular flexibility index (Phi) is 8.30. The van der Waals surface area contributed by atoms with Gasteiger partial charge in [-0.3, -0.25) is 4.79 Å². The van der Waals surface area contributed by atoms with Gasteiger partial charge in [-0.1, -0.05) is 6.92 Å². The highest BCUT2D eigenvalue weighted by Crippen LogP contribution is 2.22. The zero-order chi connectivity index (χ0) is 18.1. The molecule has 0 aromatic rings. The van der Waals surface area contributed by atoms with Gasteiger partial charge in [0.05, 0.1) is 13.2 Å². The Labute approximate surface area is 142 Å². The lowest BCUT2D eigenvalue weighted by molar-refractivity contribution is -0.757. The van der Waals surface area contributed by atoms with E-state index in [0.717, 1.165) is 11.8 Å². The van der Waals surface area contributed by atoms with E-state index >= 15 is 0 Å². The molecule has 1 aliphatic heterocycles. The van der Waals surface area contributed by atoms with Crippen molar-refractivity contribution < 1.29 is 34.2 Å². The molecule has 136 valence electrons. The van der Waals surface area contributed by atoms with Crippen LogP contribution >= 0.6 is 11.8 Å². The summed E-state index contributed by atoms with van der Waals surface area (Å²) in [5.41, 5.74) is 0. The van der Waals surface area contributed by atoms with E-state index in [1.165, 1.54) is 4.90 Å². The van der Waals surface area contributed by atoms with Crippen LogP contribution in [0.15, 0.2) is 0 Å². The lowest BCUT2D eigenvalue weighted by Gasteiger charge is -2.24. The van der Waals surface area contributed by atoms with E-state index in [-0.39, 0.29) is 31.3 Å². The Bertz CT molecular complexity index is 487. The van der Waals surface area contributed by atoms with E-state index in [1.807, 2.05) is 0 Å². The predicted molar refractivity (Wildman–Crippen MR) is 82.9 cm³/mol. The van der Waals surface area contributed by atoms with Crippen molar-refractivity contribution in [3.8, 4) is 0 Å². The molecule has 1 N–H and O–H groups in total. The number of nitrogens with zero attached hydrogens (tertiary/aromatic N) is 2. The molecule has 0 aromatic carbocycles. The summed E-state index contributed by atoms with van der Waals surface area (Å²) in [6, 6.07) is -0.793. The monoisotopic (exact) mass is 364 g/mol. The largest absolute Gasteiger partial charge is 0.480 e. The maximum atomic E-state index is 12.3. The van der Waals surface area contributed by atoms with E-state index in [0.29, 0.717) is 19.4 Å². The molecule has 0 bridgehead atoms. The number of hydrogen-bond acceptors (Lipinski definition) is 8. The summed E-state index contributed by atoms with van der Waals surface area (Å²) in [5, 5.41) is 17.5. The van der Waals surface area contributed by atoms with E-state index in [1.54, 1.807) is 6.92 Å². The predicted octanol–water partition coefficient (Wildman–Crippen LogP) is 1.17. The van der Waals surface area contributed by atoms with Gasteiger partial charge in [-0.2, -0.15) is 0 Å². The maximum absolute atomic E-state index is 12.3. The van der Waals surface area contributed by atoms with E-state index in [9.17, 15) is 24.5 Å². The number of amides is 1. The number of rotatable bonds is 9. The molecule has 0 unspecified atom stereocenters. The number of hydrogen-bond donors (Lipinski definition) is 1. The lowest BCUT2D eigenvalue weighted by atomic mass is 10.1. The number of carboxylic acids is 1. The van der Waals surface area contributed by atoms with Crippen LogP contribution in [0.2, 0.25) is 0 Å². The molecular weight excluding hydrogens is 344 g/mol. The van der Waals surface area contributed by atoms with Gasteiger partial charge in [-0.25, -0.2) is 9.59 Å². The first-order valence-corrected chi connectivity index (χ1v) is 8.41. The number of aliphatic carboxylic acids is 1. The first-order chi connectivity index (χ1) is 11.3. The third kappa shape index (κ3) is 6.60. The number of carbonyl (C=O) groups is 3. The second kappa shape index (κ2) is 9.96. The molecule has 1 saturated heterocycles. The van der Waals surface area contributed by atoms with Gasteiger partial charge in [0.1, 0.15) is 6.04 Å². The van der Waals surface area contributed by atoms with Crippen LogP contribution in [-0.2, 0) is 19.2 Å². The molecular formula is C13H20N2O8S. The summed E-state index contributed by atoms with van der Waals surface area (Å²) < 4.78 is 4.84. The quantitative estimate of drug-likeness (QED) is 0.276. The van der Waals surface area contributed by atoms with Crippen LogP contribution in [0, 0.1) is 16.0 Å². The molecule has 10 nitrogen and oxygen atoms in total. The molecule has 1 rings (SSSR count). The van der Waals surface area contributed by atoms with Gasteiger partial charge in [-0.15, -0.1) is 10.1 Å². The maximum Gasteiger partial charge on any atom is 0.367 e. The Morgan fingerprint density at radius 2 is 2.12 bits per heavy atom. The molecule has 24 heavy (non-hydrogen) atoms. The van der Waals surface area contributed by atoms with Crippen LogP contribution in [0.1, 0.15) is 26.2 Å². The molecule has 0 aromatic heterocycles. The molecule has 0 saturated carbocycles. The minimum Gasteiger partial charge on any atom is -0.480 e. The minimum atomic E-state index is -1.02. The third-order valence-electron chi connectivity index (χ3n) is 3.40. The fraction of sp³-hybridized carbons (Fsp3) is 0.769. The van der Waals surface area contributed by atoms with Gasteiger partial charge in [0.2, 0.25) is 5.91 Å². The second-order valence-electron chi connectivity index (χ2n) is 5.25. The smallest absolute Gasteiger partial charge is 0.367 e. The summed E-state index contributed by atoms with van der Waals surface area (Å²) in [7, 11) is 0. The zero-order valence-electron chi connectivity index (χ0n) is 13.2. The first kappa shape index (κ1) is 20.0. The standard InChI is InChI=1S/C13H20N2O8S/c1-9(11(16)14-5-2-4-10(14)12(17)18)8-24-13(19)22-6-3-7-23-15(20)21/h9-10H,2-8H2,1H3,(H,17,18)/t9-,10+/m1/s1. The highest BCUT2D eigenvalue weighted by Gasteiger charge is 2.35. The van der Waals surface area contributed by atoms with Crippen LogP contribution in [0.4, 0.5) is 4.79 Å². The Morgan fingerprint density at radius 1 is 1.42 bits per heavy atom. The number of thioether (sulfide) groups is 1. The van der Waals surface area contributed by atoms with Crippen molar-refractivity contribution in [1.82, 2.24) is 4.90 Å². The van der Waals surface area contributed by atoms with E-state index in [2.05, 4.69) is 4.84 Å². The van der Waals surface area contributed by atoms with Crippen molar-refractivity contribution in [2.75, 3.05) is 25.5 Å². The van der Waals surface area contributed by atoms with Crippen LogP contribution in [0.5, 0.6) is 0 Å². The van der Waals surface area contributed by atoms with E-state index in [4.69, 9.17) is 9.84 Å². The number of likely N-dealkylation sites (tertiary alicyclic amines) is 1. The van der Waals surface area contributed by atoms with Gasteiger partial charge in [0.15, 0.2) is 0 Å². The molecule has 0 radical (unpaired) electrons. The summed E-state index contributed by atoms with van der Waals surface area (Å²) in [4.78, 5) is 50.2. The van der Waals surface area contributed by atoms with Crippen LogP contribution in [-0.4, -0.2) is 63.8 Å². The molecule has 0 aliphatic carbocycles. The van der Waals surface area contributed by atoms with Crippen LogP contribution < -0.4 is 0 Å². The molecule has 2 atom stereocenters. The van der Waals surface area contributed by atoms with Crippen LogP contribution in [0.3, 0.4) is 0 Å². The Hall–Kier alpha value is -2.04. The van der Waals surface area contributed by atoms with Crippen molar-refractivity contribution >= 4 is 28.9 Å². The van der Waals surface area contributed by atoms with Gasteiger partial charge in [0, 0.05) is 24.6 Å².